The van der Waals surface area contributed by atoms with Gasteiger partial charge in [0, 0.05) is 19.0 Å². The van der Waals surface area contributed by atoms with Gasteiger partial charge in [-0.3, -0.25) is 14.6 Å². The van der Waals surface area contributed by atoms with Gasteiger partial charge in [0.1, 0.15) is 5.69 Å². The van der Waals surface area contributed by atoms with Gasteiger partial charge in [0.2, 0.25) is 0 Å². The van der Waals surface area contributed by atoms with E-state index in [9.17, 15) is 13.6 Å². The molecule has 1 amide bonds. The molecule has 0 spiro atoms. The van der Waals surface area contributed by atoms with Gasteiger partial charge in [-0.15, -0.1) is 0 Å². The van der Waals surface area contributed by atoms with Gasteiger partial charge < -0.3 is 0 Å². The monoisotopic (exact) mass is 309 g/mol. The standard InChI is InChI=1S/C15H17F2N3O2/c1-15(2,6-7-18)14(21)20-12(5-8-22-20)10-3-4-11(13(16)17)19-9-10/h3-4,9,12-13H,5-6,8H2,1-2H3. The van der Waals surface area contributed by atoms with Crippen LogP contribution in [0.4, 0.5) is 8.78 Å². The first-order valence-corrected chi connectivity index (χ1v) is 6.94. The van der Waals surface area contributed by atoms with Gasteiger partial charge in [0.15, 0.2) is 0 Å². The summed E-state index contributed by atoms with van der Waals surface area (Å²) in [6.07, 6.45) is -0.648. The predicted octanol–water partition coefficient (Wildman–Crippen LogP) is 3.16. The zero-order chi connectivity index (χ0) is 16.3. The molecule has 2 rings (SSSR count). The third-order valence-electron chi connectivity index (χ3n) is 3.62. The van der Waals surface area contributed by atoms with Crippen LogP contribution in [0, 0.1) is 16.7 Å². The van der Waals surface area contributed by atoms with Crippen molar-refractivity contribution in [3.8, 4) is 6.07 Å². The van der Waals surface area contributed by atoms with Crippen molar-refractivity contribution >= 4 is 5.91 Å². The molecule has 5 nitrogen and oxygen atoms in total. The van der Waals surface area contributed by atoms with Gasteiger partial charge in [-0.25, -0.2) is 13.8 Å². The summed E-state index contributed by atoms with van der Waals surface area (Å²) in [5.74, 6) is -0.297. The third kappa shape index (κ3) is 3.22. The lowest BCUT2D eigenvalue weighted by atomic mass is 9.88. The van der Waals surface area contributed by atoms with Crippen molar-refractivity contribution in [1.29, 1.82) is 5.26 Å². The highest BCUT2D eigenvalue weighted by molar-refractivity contribution is 5.81. The molecule has 0 bridgehead atoms. The summed E-state index contributed by atoms with van der Waals surface area (Å²) in [6, 6.07) is 4.40. The maximum atomic E-state index is 12.5. The van der Waals surface area contributed by atoms with Gasteiger partial charge in [-0.05, 0) is 25.5 Å². The van der Waals surface area contributed by atoms with E-state index < -0.39 is 11.8 Å². The first kappa shape index (κ1) is 16.3. The van der Waals surface area contributed by atoms with Crippen LogP contribution in [0.15, 0.2) is 18.3 Å². The molecule has 1 atom stereocenters. The first-order chi connectivity index (χ1) is 10.4. The SMILES string of the molecule is CC(C)(CC#N)C(=O)N1OCCC1c1ccc(C(F)F)nc1. The number of carbonyl (C=O) groups is 1. The molecule has 1 fully saturated rings. The summed E-state index contributed by atoms with van der Waals surface area (Å²) in [7, 11) is 0. The molecular weight excluding hydrogens is 292 g/mol. The van der Waals surface area contributed by atoms with E-state index in [-0.39, 0.29) is 24.1 Å². The molecule has 1 unspecified atom stereocenters. The van der Waals surface area contributed by atoms with Crippen molar-refractivity contribution in [2.45, 2.75) is 39.2 Å². The van der Waals surface area contributed by atoms with Gasteiger partial charge >= 0.3 is 0 Å². The molecule has 1 aliphatic heterocycles. The number of rotatable bonds is 4. The number of halogens is 2. The molecular formula is C15H17F2N3O2. The minimum Gasteiger partial charge on any atom is -0.272 e. The molecule has 1 saturated heterocycles. The van der Waals surface area contributed by atoms with Gasteiger partial charge in [0.05, 0.1) is 24.1 Å². The van der Waals surface area contributed by atoms with Crippen LogP contribution in [0.3, 0.4) is 0 Å². The number of hydrogen-bond acceptors (Lipinski definition) is 4. The van der Waals surface area contributed by atoms with E-state index in [0.29, 0.717) is 18.6 Å². The number of nitrogens with zero attached hydrogens (tertiary/aromatic N) is 3. The van der Waals surface area contributed by atoms with Crippen molar-refractivity contribution in [2.24, 2.45) is 5.41 Å². The number of amides is 1. The van der Waals surface area contributed by atoms with E-state index in [2.05, 4.69) is 4.98 Å². The Morgan fingerprint density at radius 1 is 1.59 bits per heavy atom. The van der Waals surface area contributed by atoms with E-state index in [4.69, 9.17) is 10.1 Å². The second-order valence-corrected chi connectivity index (χ2v) is 5.80. The normalized spacial score (nSPS) is 18.5. The molecule has 22 heavy (non-hydrogen) atoms. The number of hydroxylamine groups is 2. The van der Waals surface area contributed by atoms with Crippen LogP contribution in [0.1, 0.15) is 50.4 Å². The van der Waals surface area contributed by atoms with Crippen molar-refractivity contribution in [3.63, 3.8) is 0 Å². The highest BCUT2D eigenvalue weighted by atomic mass is 19.3. The fourth-order valence-corrected chi connectivity index (χ4v) is 2.29. The van der Waals surface area contributed by atoms with E-state index in [1.165, 1.54) is 23.4 Å². The maximum absolute atomic E-state index is 12.5. The highest BCUT2D eigenvalue weighted by Gasteiger charge is 2.39. The maximum Gasteiger partial charge on any atom is 0.280 e. The third-order valence-corrected chi connectivity index (χ3v) is 3.62. The molecule has 118 valence electrons. The Labute approximate surface area is 127 Å². The molecule has 1 aromatic heterocycles. The van der Waals surface area contributed by atoms with Crippen LogP contribution in [0.2, 0.25) is 0 Å². The number of pyridine rings is 1. The highest BCUT2D eigenvalue weighted by Crippen LogP contribution is 2.35. The lowest BCUT2D eigenvalue weighted by Crippen LogP contribution is -2.39. The molecule has 0 N–H and O–H groups in total. The van der Waals surface area contributed by atoms with Gasteiger partial charge in [0.25, 0.3) is 12.3 Å². The molecule has 0 saturated carbocycles. The summed E-state index contributed by atoms with van der Waals surface area (Å²) in [5, 5.41) is 10.1. The fraction of sp³-hybridized carbons (Fsp3) is 0.533. The minimum absolute atomic E-state index is 0.0704. The Bertz CT molecular complexity index is 581. The first-order valence-electron chi connectivity index (χ1n) is 6.94. The quantitative estimate of drug-likeness (QED) is 0.857. The van der Waals surface area contributed by atoms with Gasteiger partial charge in [-0.1, -0.05) is 6.07 Å². The van der Waals surface area contributed by atoms with Crippen molar-refractivity contribution < 1.29 is 18.4 Å². The summed E-state index contributed by atoms with van der Waals surface area (Å²) in [4.78, 5) is 21.6. The average molecular weight is 309 g/mol. The second kappa shape index (κ2) is 6.36. The summed E-state index contributed by atoms with van der Waals surface area (Å²) < 4.78 is 25.1. The Balaban J connectivity index is 2.20. The largest absolute Gasteiger partial charge is 0.280 e. The lowest BCUT2D eigenvalue weighted by molar-refractivity contribution is -0.186. The zero-order valence-corrected chi connectivity index (χ0v) is 12.4. The minimum atomic E-state index is -2.62. The fourth-order valence-electron chi connectivity index (χ4n) is 2.29. The molecule has 7 heteroatoms. The Morgan fingerprint density at radius 2 is 2.32 bits per heavy atom. The van der Waals surface area contributed by atoms with Crippen molar-refractivity contribution in [1.82, 2.24) is 10.0 Å². The van der Waals surface area contributed by atoms with E-state index in [1.54, 1.807) is 13.8 Å². The molecule has 2 heterocycles. The molecule has 0 aliphatic carbocycles. The van der Waals surface area contributed by atoms with Crippen molar-refractivity contribution in [2.75, 3.05) is 6.61 Å². The van der Waals surface area contributed by atoms with E-state index in [1.807, 2.05) is 6.07 Å². The van der Waals surface area contributed by atoms with E-state index in [0.717, 1.165) is 0 Å². The lowest BCUT2D eigenvalue weighted by Gasteiger charge is -2.30. The Hall–Kier alpha value is -2.07. The molecule has 0 aromatic carbocycles. The topological polar surface area (TPSA) is 66.2 Å². The van der Waals surface area contributed by atoms with Crippen LogP contribution in [-0.4, -0.2) is 22.6 Å². The summed E-state index contributed by atoms with van der Waals surface area (Å²) in [6.45, 7) is 3.71. The molecule has 0 radical (unpaired) electrons. The summed E-state index contributed by atoms with van der Waals surface area (Å²) in [5.41, 5.74) is -0.526. The number of hydrogen-bond donors (Lipinski definition) is 0. The van der Waals surface area contributed by atoms with Crippen LogP contribution < -0.4 is 0 Å². The summed E-state index contributed by atoms with van der Waals surface area (Å²) >= 11 is 0. The van der Waals surface area contributed by atoms with Crippen LogP contribution >= 0.6 is 0 Å². The van der Waals surface area contributed by atoms with Crippen LogP contribution in [0.25, 0.3) is 0 Å². The Morgan fingerprint density at radius 3 is 2.86 bits per heavy atom. The number of nitriles is 1. The Kier molecular flexibility index (Phi) is 4.71. The zero-order valence-electron chi connectivity index (χ0n) is 12.4. The smallest absolute Gasteiger partial charge is 0.272 e. The molecule has 1 aliphatic rings. The number of carbonyl (C=O) groups excluding carboxylic acids is 1. The predicted molar refractivity (Wildman–Crippen MR) is 73.4 cm³/mol. The second-order valence-electron chi connectivity index (χ2n) is 5.80. The van der Waals surface area contributed by atoms with E-state index >= 15 is 0 Å². The van der Waals surface area contributed by atoms with Crippen LogP contribution in [-0.2, 0) is 9.63 Å². The van der Waals surface area contributed by atoms with Crippen LogP contribution in [0.5, 0.6) is 0 Å². The molecule has 1 aromatic rings. The van der Waals surface area contributed by atoms with Crippen molar-refractivity contribution in [3.05, 3.63) is 29.6 Å². The van der Waals surface area contributed by atoms with Gasteiger partial charge in [-0.2, -0.15) is 5.26 Å². The number of alkyl halides is 2. The average Bonchev–Trinajstić information content (AvgIpc) is 2.95. The number of aromatic nitrogens is 1.